The smallest absolute Gasteiger partial charge is 0.185 e. The van der Waals surface area contributed by atoms with Crippen molar-refractivity contribution < 1.29 is 9.21 Å². The molecule has 1 aromatic carbocycles. The molecule has 0 fully saturated rings. The molecule has 0 amide bonds. The Labute approximate surface area is 86.5 Å². The number of benzene rings is 1. The summed E-state index contributed by atoms with van der Waals surface area (Å²) in [6.07, 6.45) is 2.10. The maximum absolute atomic E-state index is 10.7. The maximum Gasteiger partial charge on any atom is 0.185 e. The molecule has 0 unspecified atom stereocenters. The third kappa shape index (κ3) is 1.57. The minimum Gasteiger partial charge on any atom is -0.461 e. The third-order valence-corrected chi connectivity index (χ3v) is 2.17. The Kier molecular flexibility index (Phi) is 2.17. The van der Waals surface area contributed by atoms with E-state index in [2.05, 4.69) is 0 Å². The second-order valence-corrected chi connectivity index (χ2v) is 3.16. The van der Waals surface area contributed by atoms with Crippen molar-refractivity contribution in [2.24, 2.45) is 0 Å². The summed E-state index contributed by atoms with van der Waals surface area (Å²) in [5.74, 6) is 0.257. The summed E-state index contributed by atoms with van der Waals surface area (Å²) >= 11 is 0. The number of hydrogen-bond acceptors (Lipinski definition) is 4. The molecule has 0 spiro atoms. The minimum atomic E-state index is 0.257. The molecule has 0 radical (unpaired) electrons. The molecule has 4 heteroatoms. The van der Waals surface area contributed by atoms with Crippen LogP contribution in [0.1, 0.15) is 10.6 Å². The Balaban J connectivity index is 2.62. The van der Waals surface area contributed by atoms with E-state index >= 15 is 0 Å². The van der Waals surface area contributed by atoms with Crippen LogP contribution in [0.25, 0.3) is 11.1 Å². The summed E-state index contributed by atoms with van der Waals surface area (Å²) in [7, 11) is 0. The average Bonchev–Trinajstić information content (AvgIpc) is 2.69. The number of aldehydes is 1. The molecule has 0 saturated heterocycles. The summed E-state index contributed by atoms with van der Waals surface area (Å²) < 4.78 is 5.00. The molecule has 2 rings (SSSR count). The Bertz CT molecular complexity index is 503. The summed E-state index contributed by atoms with van der Waals surface area (Å²) in [4.78, 5) is 10.7. The highest BCUT2D eigenvalue weighted by molar-refractivity contribution is 5.89. The van der Waals surface area contributed by atoms with Gasteiger partial charge in [0.05, 0.1) is 6.26 Å². The van der Waals surface area contributed by atoms with E-state index in [-0.39, 0.29) is 5.76 Å². The zero-order valence-corrected chi connectivity index (χ0v) is 7.94. The first-order chi connectivity index (χ1) is 7.22. The molecule has 76 valence electrons. The number of nitrogens with two attached hydrogens (primary N) is 2. The Hall–Kier alpha value is -2.23. The van der Waals surface area contributed by atoms with Crippen molar-refractivity contribution in [3.8, 4) is 11.1 Å². The zero-order valence-electron chi connectivity index (χ0n) is 7.94. The van der Waals surface area contributed by atoms with Crippen molar-refractivity contribution in [1.82, 2.24) is 0 Å². The number of furan rings is 1. The molecule has 0 atom stereocenters. The van der Waals surface area contributed by atoms with Gasteiger partial charge in [-0.1, -0.05) is 0 Å². The minimum absolute atomic E-state index is 0.257. The summed E-state index contributed by atoms with van der Waals surface area (Å²) in [5, 5.41) is 0. The standard InChI is InChI=1S/C11H10N2O2/c12-7-1-2-10(13)9(5-7)8-3-4-15-11(8)6-14/h1-6H,12-13H2. The van der Waals surface area contributed by atoms with Crippen molar-refractivity contribution in [1.29, 1.82) is 0 Å². The lowest BCUT2D eigenvalue weighted by atomic mass is 10.0. The van der Waals surface area contributed by atoms with E-state index in [9.17, 15) is 4.79 Å². The molecule has 15 heavy (non-hydrogen) atoms. The lowest BCUT2D eigenvalue weighted by Gasteiger charge is -2.04. The Morgan fingerprint density at radius 2 is 1.93 bits per heavy atom. The Morgan fingerprint density at radius 3 is 2.67 bits per heavy atom. The molecule has 1 heterocycles. The van der Waals surface area contributed by atoms with E-state index in [0.29, 0.717) is 28.8 Å². The van der Waals surface area contributed by atoms with Gasteiger partial charge in [0.2, 0.25) is 0 Å². The van der Waals surface area contributed by atoms with Crippen LogP contribution in [0.3, 0.4) is 0 Å². The predicted molar refractivity (Wildman–Crippen MR) is 58.4 cm³/mol. The highest BCUT2D eigenvalue weighted by Crippen LogP contribution is 2.30. The monoisotopic (exact) mass is 202 g/mol. The molecule has 0 bridgehead atoms. The number of hydrogen-bond donors (Lipinski definition) is 2. The summed E-state index contributed by atoms with van der Waals surface area (Å²) in [6.45, 7) is 0. The first kappa shape index (κ1) is 9.33. The fourth-order valence-corrected chi connectivity index (χ4v) is 1.44. The van der Waals surface area contributed by atoms with E-state index in [1.54, 1.807) is 24.3 Å². The number of rotatable bonds is 2. The number of nitrogen functional groups attached to an aromatic ring is 2. The normalized spacial score (nSPS) is 10.1. The number of carbonyl (C=O) groups is 1. The van der Waals surface area contributed by atoms with Gasteiger partial charge < -0.3 is 15.9 Å². The molecule has 0 saturated carbocycles. The SMILES string of the molecule is Nc1ccc(N)c(-c2ccoc2C=O)c1. The van der Waals surface area contributed by atoms with E-state index < -0.39 is 0 Å². The van der Waals surface area contributed by atoms with Gasteiger partial charge in [-0.15, -0.1) is 0 Å². The Morgan fingerprint density at radius 1 is 1.13 bits per heavy atom. The van der Waals surface area contributed by atoms with Crippen LogP contribution >= 0.6 is 0 Å². The third-order valence-electron chi connectivity index (χ3n) is 2.17. The van der Waals surface area contributed by atoms with Crippen molar-refractivity contribution in [2.45, 2.75) is 0 Å². The van der Waals surface area contributed by atoms with E-state index in [1.165, 1.54) is 6.26 Å². The van der Waals surface area contributed by atoms with Crippen molar-refractivity contribution in [3.63, 3.8) is 0 Å². The second kappa shape index (κ2) is 3.49. The molecule has 0 aliphatic rings. The van der Waals surface area contributed by atoms with Gasteiger partial charge in [0, 0.05) is 22.5 Å². The summed E-state index contributed by atoms with van der Waals surface area (Å²) in [5.41, 5.74) is 14.0. The van der Waals surface area contributed by atoms with Crippen LogP contribution in [0.2, 0.25) is 0 Å². The van der Waals surface area contributed by atoms with Crippen LogP contribution < -0.4 is 11.5 Å². The lowest BCUT2D eigenvalue weighted by molar-refractivity contribution is 0.110. The molecule has 2 aromatic rings. The molecule has 4 N–H and O–H groups in total. The predicted octanol–water partition coefficient (Wildman–Crippen LogP) is 1.92. The van der Waals surface area contributed by atoms with E-state index in [1.807, 2.05) is 0 Å². The number of anilines is 2. The van der Waals surface area contributed by atoms with Crippen molar-refractivity contribution in [2.75, 3.05) is 11.5 Å². The van der Waals surface area contributed by atoms with Gasteiger partial charge in [0.1, 0.15) is 0 Å². The van der Waals surface area contributed by atoms with Crippen LogP contribution in [0.15, 0.2) is 34.9 Å². The van der Waals surface area contributed by atoms with Gasteiger partial charge in [-0.2, -0.15) is 0 Å². The number of carbonyl (C=O) groups excluding carboxylic acids is 1. The highest BCUT2D eigenvalue weighted by Gasteiger charge is 2.10. The van der Waals surface area contributed by atoms with Gasteiger partial charge >= 0.3 is 0 Å². The first-order valence-corrected chi connectivity index (χ1v) is 4.40. The first-order valence-electron chi connectivity index (χ1n) is 4.40. The van der Waals surface area contributed by atoms with Gasteiger partial charge in [-0.3, -0.25) is 4.79 Å². The maximum atomic E-state index is 10.7. The molecule has 4 nitrogen and oxygen atoms in total. The second-order valence-electron chi connectivity index (χ2n) is 3.16. The van der Waals surface area contributed by atoms with Gasteiger partial charge in [-0.05, 0) is 24.3 Å². The topological polar surface area (TPSA) is 82.2 Å². The molecule has 1 aromatic heterocycles. The van der Waals surface area contributed by atoms with Crippen LogP contribution in [-0.4, -0.2) is 6.29 Å². The van der Waals surface area contributed by atoms with Gasteiger partial charge in [-0.25, -0.2) is 0 Å². The van der Waals surface area contributed by atoms with Gasteiger partial charge in [0.15, 0.2) is 12.0 Å². The van der Waals surface area contributed by atoms with Crippen molar-refractivity contribution in [3.05, 3.63) is 36.3 Å². The van der Waals surface area contributed by atoms with E-state index in [0.717, 1.165) is 0 Å². The lowest BCUT2D eigenvalue weighted by Crippen LogP contribution is -1.93. The molecule has 0 aliphatic carbocycles. The molecular formula is C11H10N2O2. The fourth-order valence-electron chi connectivity index (χ4n) is 1.44. The summed E-state index contributed by atoms with van der Waals surface area (Å²) in [6, 6.07) is 6.81. The van der Waals surface area contributed by atoms with Crippen LogP contribution in [0, 0.1) is 0 Å². The largest absolute Gasteiger partial charge is 0.461 e. The van der Waals surface area contributed by atoms with Crippen LogP contribution in [-0.2, 0) is 0 Å². The highest BCUT2D eigenvalue weighted by atomic mass is 16.3. The average molecular weight is 202 g/mol. The van der Waals surface area contributed by atoms with E-state index in [4.69, 9.17) is 15.9 Å². The zero-order chi connectivity index (χ0) is 10.8. The molecular weight excluding hydrogens is 192 g/mol. The van der Waals surface area contributed by atoms with Crippen molar-refractivity contribution >= 4 is 17.7 Å². The van der Waals surface area contributed by atoms with Crippen LogP contribution in [0.5, 0.6) is 0 Å². The van der Waals surface area contributed by atoms with Crippen LogP contribution in [0.4, 0.5) is 11.4 Å². The fraction of sp³-hybridized carbons (Fsp3) is 0. The quantitative estimate of drug-likeness (QED) is 0.575. The molecule has 0 aliphatic heterocycles. The van der Waals surface area contributed by atoms with Gasteiger partial charge in [0.25, 0.3) is 0 Å².